The average molecular weight is 432 g/mol. The summed E-state index contributed by atoms with van der Waals surface area (Å²) in [5.41, 5.74) is 1.36. The number of anilines is 1. The van der Waals surface area contributed by atoms with Gasteiger partial charge >= 0.3 is 0 Å². The van der Waals surface area contributed by atoms with Crippen molar-refractivity contribution in [3.05, 3.63) is 59.9 Å². The number of benzene rings is 2. The summed E-state index contributed by atoms with van der Waals surface area (Å²) in [4.78, 5) is 15.0. The average Bonchev–Trinajstić information content (AvgIpc) is 3.46. The van der Waals surface area contributed by atoms with Gasteiger partial charge in [-0.3, -0.25) is 4.79 Å². The summed E-state index contributed by atoms with van der Waals surface area (Å²) in [5.74, 6) is -0.582. The first-order valence-electron chi connectivity index (χ1n) is 10.3. The molecular weight excluding hydrogens is 405 g/mol. The van der Waals surface area contributed by atoms with Crippen LogP contribution < -0.4 is 10.2 Å². The molecule has 2 aliphatic rings. The second kappa shape index (κ2) is 8.73. The zero-order valence-corrected chi connectivity index (χ0v) is 17.6. The van der Waals surface area contributed by atoms with Crippen molar-refractivity contribution in [2.45, 2.75) is 43.2 Å². The molecule has 0 saturated carbocycles. The fraction of sp³-hybridized carbons (Fsp3) is 0.409. The highest BCUT2D eigenvalue weighted by molar-refractivity contribution is 7.89. The van der Waals surface area contributed by atoms with Gasteiger partial charge in [0, 0.05) is 26.2 Å². The highest BCUT2D eigenvalue weighted by atomic mass is 32.2. The third-order valence-corrected chi connectivity index (χ3v) is 7.70. The van der Waals surface area contributed by atoms with E-state index in [1.807, 2.05) is 4.90 Å². The number of sulfonamides is 1. The number of halogens is 1. The Morgan fingerprint density at radius 1 is 1.03 bits per heavy atom. The third kappa shape index (κ3) is 4.20. The Hall–Kier alpha value is -2.45. The molecule has 2 aliphatic heterocycles. The lowest BCUT2D eigenvalue weighted by atomic mass is 10.1. The maximum absolute atomic E-state index is 14.2. The summed E-state index contributed by atoms with van der Waals surface area (Å²) in [6.07, 6.45) is 3.22. The Labute approximate surface area is 176 Å². The molecule has 2 saturated heterocycles. The van der Waals surface area contributed by atoms with Gasteiger partial charge in [-0.2, -0.15) is 4.31 Å². The first-order chi connectivity index (χ1) is 14.5. The first-order valence-corrected chi connectivity index (χ1v) is 11.8. The minimum atomic E-state index is -3.72. The Kier molecular flexibility index (Phi) is 6.06. The molecule has 30 heavy (non-hydrogen) atoms. The van der Waals surface area contributed by atoms with Crippen LogP contribution >= 0.6 is 0 Å². The van der Waals surface area contributed by atoms with Crippen molar-refractivity contribution in [3.8, 4) is 0 Å². The van der Waals surface area contributed by atoms with Gasteiger partial charge in [0.1, 0.15) is 11.9 Å². The monoisotopic (exact) mass is 431 g/mol. The Balaban J connectivity index is 1.44. The lowest BCUT2D eigenvalue weighted by Gasteiger charge is -2.23. The largest absolute Gasteiger partial charge is 0.369 e. The molecule has 2 heterocycles. The number of amides is 1. The molecular formula is C22H26FN3O3S. The Bertz CT molecular complexity index is 1010. The number of nitrogens with zero attached hydrogens (tertiary/aromatic N) is 2. The van der Waals surface area contributed by atoms with E-state index < -0.39 is 16.1 Å². The summed E-state index contributed by atoms with van der Waals surface area (Å²) in [5, 5.41) is 2.85. The summed E-state index contributed by atoms with van der Waals surface area (Å²) in [6, 6.07) is 12.3. The minimum Gasteiger partial charge on any atom is -0.369 e. The Morgan fingerprint density at radius 2 is 1.77 bits per heavy atom. The lowest BCUT2D eigenvalue weighted by Crippen LogP contribution is -2.45. The van der Waals surface area contributed by atoms with E-state index in [-0.39, 0.29) is 23.2 Å². The second-order valence-electron chi connectivity index (χ2n) is 7.78. The number of carbonyl (C=O) groups excluding carboxylic acids is 1. The first kappa shape index (κ1) is 20.8. The molecule has 160 valence electrons. The summed E-state index contributed by atoms with van der Waals surface area (Å²) >= 11 is 0. The third-order valence-electron chi connectivity index (χ3n) is 5.78. The van der Waals surface area contributed by atoms with Crippen molar-refractivity contribution in [1.82, 2.24) is 9.62 Å². The van der Waals surface area contributed by atoms with E-state index in [2.05, 4.69) is 5.32 Å². The van der Waals surface area contributed by atoms with E-state index in [1.165, 1.54) is 10.4 Å². The summed E-state index contributed by atoms with van der Waals surface area (Å²) < 4.78 is 41.4. The van der Waals surface area contributed by atoms with Crippen molar-refractivity contribution in [1.29, 1.82) is 0 Å². The molecule has 0 aromatic heterocycles. The molecule has 1 atom stereocenters. The van der Waals surface area contributed by atoms with Crippen LogP contribution in [-0.2, 0) is 21.4 Å². The number of hydrogen-bond donors (Lipinski definition) is 1. The molecule has 0 bridgehead atoms. The van der Waals surface area contributed by atoms with Gasteiger partial charge in [0.15, 0.2) is 0 Å². The van der Waals surface area contributed by atoms with E-state index in [1.54, 1.807) is 42.5 Å². The van der Waals surface area contributed by atoms with Crippen molar-refractivity contribution in [2.24, 2.45) is 0 Å². The second-order valence-corrected chi connectivity index (χ2v) is 9.68. The van der Waals surface area contributed by atoms with Crippen molar-refractivity contribution in [3.63, 3.8) is 0 Å². The van der Waals surface area contributed by atoms with E-state index in [0.717, 1.165) is 31.5 Å². The normalized spacial score (nSPS) is 19.9. The lowest BCUT2D eigenvalue weighted by molar-refractivity contribution is -0.124. The van der Waals surface area contributed by atoms with Crippen LogP contribution in [0.1, 0.15) is 31.2 Å². The van der Waals surface area contributed by atoms with E-state index in [4.69, 9.17) is 0 Å². The quantitative estimate of drug-likeness (QED) is 0.764. The standard InChI is InChI=1S/C22H26FN3O3S/c23-19-11-10-17(15-21(19)25-12-4-5-13-25)16-24-22(27)20-9-6-14-26(20)30(28,29)18-7-2-1-3-8-18/h1-3,7-8,10-11,15,20H,4-6,9,12-14,16H2,(H,24,27)/t20-/m0/s1. The van der Waals surface area contributed by atoms with Gasteiger partial charge in [-0.25, -0.2) is 12.8 Å². The van der Waals surface area contributed by atoms with Crippen LogP contribution in [0.3, 0.4) is 0 Å². The van der Waals surface area contributed by atoms with Gasteiger partial charge in [0.05, 0.1) is 10.6 Å². The number of rotatable bonds is 6. The predicted molar refractivity (Wildman–Crippen MR) is 113 cm³/mol. The number of hydrogen-bond acceptors (Lipinski definition) is 4. The van der Waals surface area contributed by atoms with Crippen LogP contribution in [0.4, 0.5) is 10.1 Å². The summed E-state index contributed by atoms with van der Waals surface area (Å²) in [7, 11) is -3.72. The molecule has 2 aromatic carbocycles. The van der Waals surface area contributed by atoms with Crippen molar-refractivity contribution in [2.75, 3.05) is 24.5 Å². The summed E-state index contributed by atoms with van der Waals surface area (Å²) in [6.45, 7) is 2.23. The zero-order valence-electron chi connectivity index (χ0n) is 16.8. The molecule has 0 radical (unpaired) electrons. The van der Waals surface area contributed by atoms with Gasteiger partial charge in [-0.05, 0) is 55.5 Å². The van der Waals surface area contributed by atoms with Crippen LogP contribution in [0.5, 0.6) is 0 Å². The molecule has 1 amide bonds. The molecule has 4 rings (SSSR count). The highest BCUT2D eigenvalue weighted by Gasteiger charge is 2.39. The molecule has 8 heteroatoms. The van der Waals surface area contributed by atoms with Gasteiger partial charge in [0.25, 0.3) is 0 Å². The maximum atomic E-state index is 14.2. The van der Waals surface area contributed by atoms with Crippen molar-refractivity contribution >= 4 is 21.6 Å². The molecule has 2 aromatic rings. The van der Waals surface area contributed by atoms with Crippen LogP contribution in [-0.4, -0.2) is 44.3 Å². The maximum Gasteiger partial charge on any atom is 0.243 e. The molecule has 0 unspecified atom stereocenters. The van der Waals surface area contributed by atoms with Crippen molar-refractivity contribution < 1.29 is 17.6 Å². The predicted octanol–water partition coefficient (Wildman–Crippen LogP) is 2.90. The zero-order chi connectivity index (χ0) is 21.1. The highest BCUT2D eigenvalue weighted by Crippen LogP contribution is 2.27. The fourth-order valence-corrected chi connectivity index (χ4v) is 5.87. The molecule has 0 spiro atoms. The van der Waals surface area contributed by atoms with Gasteiger partial charge in [0.2, 0.25) is 15.9 Å². The van der Waals surface area contributed by atoms with E-state index in [0.29, 0.717) is 25.1 Å². The number of nitrogens with one attached hydrogen (secondary N) is 1. The SMILES string of the molecule is O=C(NCc1ccc(F)c(N2CCCC2)c1)[C@@H]1CCCN1S(=O)(=O)c1ccccc1. The van der Waals surface area contributed by atoms with Crippen LogP contribution in [0.2, 0.25) is 0 Å². The van der Waals surface area contributed by atoms with Crippen LogP contribution in [0.15, 0.2) is 53.4 Å². The van der Waals surface area contributed by atoms with E-state index in [9.17, 15) is 17.6 Å². The smallest absolute Gasteiger partial charge is 0.243 e. The number of carbonyl (C=O) groups is 1. The van der Waals surface area contributed by atoms with Crippen LogP contribution in [0, 0.1) is 5.82 Å². The molecule has 2 fully saturated rings. The van der Waals surface area contributed by atoms with Crippen LogP contribution in [0.25, 0.3) is 0 Å². The van der Waals surface area contributed by atoms with Gasteiger partial charge < -0.3 is 10.2 Å². The molecule has 6 nitrogen and oxygen atoms in total. The topological polar surface area (TPSA) is 69.7 Å². The fourth-order valence-electron chi connectivity index (χ4n) is 4.19. The molecule has 0 aliphatic carbocycles. The Morgan fingerprint density at radius 3 is 2.50 bits per heavy atom. The molecule has 1 N–H and O–H groups in total. The van der Waals surface area contributed by atoms with Gasteiger partial charge in [-0.1, -0.05) is 24.3 Å². The van der Waals surface area contributed by atoms with E-state index >= 15 is 0 Å². The van der Waals surface area contributed by atoms with Gasteiger partial charge in [-0.15, -0.1) is 0 Å². The minimum absolute atomic E-state index is 0.193.